The van der Waals surface area contributed by atoms with E-state index >= 15 is 0 Å². The maximum absolute atomic E-state index is 12.1. The van der Waals surface area contributed by atoms with Crippen molar-refractivity contribution in [2.24, 2.45) is 5.92 Å². The first-order valence-corrected chi connectivity index (χ1v) is 15.7. The molecule has 0 amide bonds. The number of ketones is 1. The van der Waals surface area contributed by atoms with Crippen LogP contribution in [0.5, 0.6) is 0 Å². The van der Waals surface area contributed by atoms with Gasteiger partial charge in [0, 0.05) is 19.3 Å². The Kier molecular flexibility index (Phi) is 23.0. The van der Waals surface area contributed by atoms with Gasteiger partial charge in [0.25, 0.3) is 0 Å². The Labute approximate surface area is 211 Å². The van der Waals surface area contributed by atoms with Crippen LogP contribution < -0.4 is 4.90 Å². The van der Waals surface area contributed by atoms with E-state index in [9.17, 15) is 14.3 Å². The number of hydrogen-bond acceptors (Lipinski definition) is 4. The van der Waals surface area contributed by atoms with Crippen molar-refractivity contribution in [1.82, 2.24) is 0 Å². The fourth-order valence-electron chi connectivity index (χ4n) is 4.18. The monoisotopic (exact) mass is 506 g/mol. The fraction of sp³-hybridized carbons (Fsp3) is 0.963. The minimum Gasteiger partial charge on any atom is -0.340 e. The third kappa shape index (κ3) is 23.5. The van der Waals surface area contributed by atoms with Gasteiger partial charge in [0.2, 0.25) is 0 Å². The molecule has 0 aromatic rings. The normalized spacial score (nSPS) is 14.4. The maximum atomic E-state index is 12.1. The molecule has 0 aromatic carbocycles. The Bertz CT molecular complexity index is 515. The number of unbranched alkanes of at least 4 members (excludes halogenated alkanes) is 13. The first kappa shape index (κ1) is 33.7. The number of hydrogen-bond donors (Lipinski definition) is 2. The lowest BCUT2D eigenvalue weighted by molar-refractivity contribution is -0.858. The SMILES string of the molecule is CCCCCCCCCCCCCCCCC(COP(=O)(O)OCCC[NH+](C)C)CC(=O)CC. The summed E-state index contributed by atoms with van der Waals surface area (Å²) in [7, 11) is 0.00677. The van der Waals surface area contributed by atoms with E-state index in [1.807, 2.05) is 21.0 Å². The van der Waals surface area contributed by atoms with E-state index in [4.69, 9.17) is 9.05 Å². The van der Waals surface area contributed by atoms with Crippen molar-refractivity contribution in [1.29, 1.82) is 0 Å². The van der Waals surface area contributed by atoms with E-state index < -0.39 is 7.82 Å². The molecule has 0 fully saturated rings. The molecule has 0 aliphatic heterocycles. The van der Waals surface area contributed by atoms with Gasteiger partial charge in [0.15, 0.2) is 0 Å². The van der Waals surface area contributed by atoms with Crippen molar-refractivity contribution in [3.8, 4) is 0 Å². The summed E-state index contributed by atoms with van der Waals surface area (Å²) >= 11 is 0. The maximum Gasteiger partial charge on any atom is 0.472 e. The Morgan fingerprint density at radius 3 is 1.76 bits per heavy atom. The lowest BCUT2D eigenvalue weighted by atomic mass is 9.95. The standard InChI is InChI=1S/C27H56NO5P/c1-5-7-8-9-10-11-12-13-14-15-16-17-18-19-21-26(24-27(29)6-2)25-33-34(30,31)32-23-20-22-28(3)4/h26H,5-25H2,1-4H3,(H,30,31)/p+1. The lowest BCUT2D eigenvalue weighted by Crippen LogP contribution is -3.05. The molecule has 2 unspecified atom stereocenters. The molecule has 0 aliphatic rings. The van der Waals surface area contributed by atoms with Gasteiger partial charge < -0.3 is 9.79 Å². The molecule has 7 heteroatoms. The number of Topliss-reactive ketones (excluding diaryl/α,β-unsaturated/α-hetero) is 1. The number of rotatable bonds is 26. The fourth-order valence-corrected chi connectivity index (χ4v) is 5.01. The second kappa shape index (κ2) is 23.2. The first-order valence-electron chi connectivity index (χ1n) is 14.2. The highest BCUT2D eigenvalue weighted by molar-refractivity contribution is 7.47. The summed E-state index contributed by atoms with van der Waals surface area (Å²) in [6.07, 6.45) is 20.9. The predicted molar refractivity (Wildman–Crippen MR) is 142 cm³/mol. The lowest BCUT2D eigenvalue weighted by Gasteiger charge is -2.19. The van der Waals surface area contributed by atoms with Crippen molar-refractivity contribution in [2.75, 3.05) is 33.9 Å². The van der Waals surface area contributed by atoms with Gasteiger partial charge in [-0.05, 0) is 12.3 Å². The highest BCUT2D eigenvalue weighted by Gasteiger charge is 2.24. The minimum atomic E-state index is -4.05. The molecule has 0 aromatic heterocycles. The highest BCUT2D eigenvalue weighted by atomic mass is 31.2. The van der Waals surface area contributed by atoms with E-state index in [1.54, 1.807) is 0 Å². The van der Waals surface area contributed by atoms with Crippen LogP contribution in [0.25, 0.3) is 0 Å². The molecule has 0 rings (SSSR count). The quantitative estimate of drug-likeness (QED) is 0.103. The summed E-state index contributed by atoms with van der Waals surface area (Å²) in [6.45, 7) is 5.31. The van der Waals surface area contributed by atoms with Gasteiger partial charge in [-0.2, -0.15) is 0 Å². The predicted octanol–water partition coefficient (Wildman–Crippen LogP) is 6.51. The van der Waals surface area contributed by atoms with E-state index in [-0.39, 0.29) is 24.9 Å². The van der Waals surface area contributed by atoms with Crippen LogP contribution in [0.1, 0.15) is 129 Å². The Balaban J connectivity index is 3.91. The number of phosphoric ester groups is 1. The average Bonchev–Trinajstić information content (AvgIpc) is 2.80. The van der Waals surface area contributed by atoms with Crippen LogP contribution >= 0.6 is 7.82 Å². The molecule has 2 atom stereocenters. The van der Waals surface area contributed by atoms with Crippen LogP contribution in [0, 0.1) is 5.92 Å². The molecule has 0 saturated heterocycles. The average molecular weight is 507 g/mol. The van der Waals surface area contributed by atoms with Crippen molar-refractivity contribution in [3.63, 3.8) is 0 Å². The van der Waals surface area contributed by atoms with E-state index in [1.165, 1.54) is 81.9 Å². The van der Waals surface area contributed by atoms with Crippen LogP contribution in [0.2, 0.25) is 0 Å². The smallest absolute Gasteiger partial charge is 0.340 e. The van der Waals surface area contributed by atoms with Crippen molar-refractivity contribution < 1.29 is 28.2 Å². The number of quaternary nitrogens is 1. The molecule has 6 nitrogen and oxygen atoms in total. The zero-order valence-electron chi connectivity index (χ0n) is 23.0. The number of nitrogens with one attached hydrogen (secondary N) is 1. The van der Waals surface area contributed by atoms with E-state index in [2.05, 4.69) is 6.92 Å². The summed E-state index contributed by atoms with van der Waals surface area (Å²) in [5.41, 5.74) is 0. The molecule has 34 heavy (non-hydrogen) atoms. The first-order chi connectivity index (χ1) is 16.3. The molecule has 0 spiro atoms. The van der Waals surface area contributed by atoms with Crippen molar-refractivity contribution in [2.45, 2.75) is 129 Å². The Morgan fingerprint density at radius 1 is 0.794 bits per heavy atom. The Morgan fingerprint density at radius 2 is 1.29 bits per heavy atom. The zero-order valence-corrected chi connectivity index (χ0v) is 23.8. The number of carbonyl (C=O) groups is 1. The van der Waals surface area contributed by atoms with E-state index in [0.717, 1.165) is 25.8 Å². The molecule has 2 N–H and O–H groups in total. The third-order valence-electron chi connectivity index (χ3n) is 6.43. The number of carbonyl (C=O) groups excluding carboxylic acids is 1. The topological polar surface area (TPSA) is 77.3 Å². The highest BCUT2D eigenvalue weighted by Crippen LogP contribution is 2.44. The summed E-state index contributed by atoms with van der Waals surface area (Å²) in [6, 6.07) is 0. The van der Waals surface area contributed by atoms with Gasteiger partial charge in [-0.25, -0.2) is 4.57 Å². The minimum absolute atomic E-state index is 0.0138. The summed E-state index contributed by atoms with van der Waals surface area (Å²) in [4.78, 5) is 23.1. The summed E-state index contributed by atoms with van der Waals surface area (Å²) in [5.74, 6) is 0.168. The van der Waals surface area contributed by atoms with Crippen LogP contribution in [0.4, 0.5) is 0 Å². The van der Waals surface area contributed by atoms with Crippen molar-refractivity contribution >= 4 is 13.6 Å². The molecule has 0 radical (unpaired) electrons. The largest absolute Gasteiger partial charge is 0.472 e. The van der Waals surface area contributed by atoms with Crippen LogP contribution in [-0.2, 0) is 18.4 Å². The third-order valence-corrected chi connectivity index (χ3v) is 7.41. The van der Waals surface area contributed by atoms with Gasteiger partial charge in [-0.3, -0.25) is 13.8 Å². The summed E-state index contributed by atoms with van der Waals surface area (Å²) < 4.78 is 22.5. The molecule has 204 valence electrons. The molecule has 0 heterocycles. The van der Waals surface area contributed by atoms with Gasteiger partial charge in [0.05, 0.1) is 33.9 Å². The second-order valence-corrected chi connectivity index (χ2v) is 11.7. The second-order valence-electron chi connectivity index (χ2n) is 10.3. The zero-order chi connectivity index (χ0) is 25.5. The Hall–Kier alpha value is -0.260. The van der Waals surface area contributed by atoms with E-state index in [0.29, 0.717) is 19.3 Å². The molecule has 0 bridgehead atoms. The molecule has 0 saturated carbocycles. The van der Waals surface area contributed by atoms with Gasteiger partial charge in [0.1, 0.15) is 5.78 Å². The number of phosphoric acid groups is 1. The summed E-state index contributed by atoms with van der Waals surface area (Å²) in [5, 5.41) is 0. The molecule has 0 aliphatic carbocycles. The van der Waals surface area contributed by atoms with Gasteiger partial charge >= 0.3 is 7.82 Å². The van der Waals surface area contributed by atoms with Gasteiger partial charge in [-0.1, -0.05) is 104 Å². The van der Waals surface area contributed by atoms with Crippen LogP contribution in [0.3, 0.4) is 0 Å². The van der Waals surface area contributed by atoms with Crippen molar-refractivity contribution in [3.05, 3.63) is 0 Å². The molecular weight excluding hydrogens is 449 g/mol. The molecular formula is C27H57NO5P+. The van der Waals surface area contributed by atoms with Crippen LogP contribution in [-0.4, -0.2) is 44.5 Å². The van der Waals surface area contributed by atoms with Crippen LogP contribution in [0.15, 0.2) is 0 Å². The van der Waals surface area contributed by atoms with Gasteiger partial charge in [-0.15, -0.1) is 0 Å².